The number of benzene rings is 1. The van der Waals surface area contributed by atoms with Crippen molar-refractivity contribution in [1.29, 1.82) is 0 Å². The molecule has 0 bridgehead atoms. The fraction of sp³-hybridized carbons (Fsp3) is 0.417. The van der Waals surface area contributed by atoms with Crippen molar-refractivity contribution < 1.29 is 19.4 Å². The van der Waals surface area contributed by atoms with E-state index >= 15 is 0 Å². The van der Waals surface area contributed by atoms with E-state index in [2.05, 4.69) is 0 Å². The van der Waals surface area contributed by atoms with Gasteiger partial charge in [0.05, 0.1) is 13.7 Å². The van der Waals surface area contributed by atoms with Crippen molar-refractivity contribution in [2.75, 3.05) is 13.7 Å². The quantitative estimate of drug-likeness (QED) is 0.736. The molecule has 1 rings (SSSR count). The highest BCUT2D eigenvalue weighted by Gasteiger charge is 2.25. The number of carbonyl (C=O) groups excluding carboxylic acids is 1. The molecule has 0 aliphatic carbocycles. The van der Waals surface area contributed by atoms with Crippen molar-refractivity contribution in [2.24, 2.45) is 5.73 Å². The molecule has 0 aliphatic heterocycles. The van der Waals surface area contributed by atoms with Gasteiger partial charge in [-0.2, -0.15) is 0 Å². The van der Waals surface area contributed by atoms with Crippen LogP contribution in [0, 0.1) is 0 Å². The fourth-order valence-corrected chi connectivity index (χ4v) is 1.38. The van der Waals surface area contributed by atoms with Crippen LogP contribution in [0.2, 0.25) is 0 Å². The summed E-state index contributed by atoms with van der Waals surface area (Å²) in [7, 11) is 1.55. The average Bonchev–Trinajstić information content (AvgIpc) is 2.37. The first-order chi connectivity index (χ1) is 8.10. The molecule has 5 nitrogen and oxygen atoms in total. The summed E-state index contributed by atoms with van der Waals surface area (Å²) in [5.41, 5.74) is 6.14. The minimum absolute atomic E-state index is 0.238. The van der Waals surface area contributed by atoms with E-state index in [0.717, 1.165) is 0 Å². The topological polar surface area (TPSA) is 81.8 Å². The van der Waals surface area contributed by atoms with Gasteiger partial charge < -0.3 is 20.3 Å². The Balaban J connectivity index is 2.73. The van der Waals surface area contributed by atoms with Crippen LogP contribution in [-0.4, -0.2) is 30.8 Å². The van der Waals surface area contributed by atoms with E-state index in [-0.39, 0.29) is 6.61 Å². The zero-order valence-electron chi connectivity index (χ0n) is 9.92. The Morgan fingerprint density at radius 1 is 1.41 bits per heavy atom. The van der Waals surface area contributed by atoms with Crippen molar-refractivity contribution in [3.63, 3.8) is 0 Å². The second-order valence-electron chi connectivity index (χ2n) is 3.50. The van der Waals surface area contributed by atoms with Gasteiger partial charge in [0.15, 0.2) is 0 Å². The van der Waals surface area contributed by atoms with E-state index in [4.69, 9.17) is 15.2 Å². The number of methoxy groups -OCH3 is 1. The minimum atomic E-state index is -1.08. The molecule has 0 saturated heterocycles. The summed E-state index contributed by atoms with van der Waals surface area (Å²) in [5.74, 6) is 0.0569. The number of carbonyl (C=O) groups is 1. The van der Waals surface area contributed by atoms with Gasteiger partial charge in [-0.15, -0.1) is 0 Å². The first-order valence-corrected chi connectivity index (χ1v) is 5.34. The number of hydrogen-bond acceptors (Lipinski definition) is 5. The number of esters is 1. The van der Waals surface area contributed by atoms with Crippen LogP contribution in [0.25, 0.3) is 0 Å². The first kappa shape index (κ1) is 13.5. The van der Waals surface area contributed by atoms with E-state index in [1.54, 1.807) is 38.3 Å². The van der Waals surface area contributed by atoms with E-state index in [0.29, 0.717) is 11.3 Å². The van der Waals surface area contributed by atoms with Crippen LogP contribution >= 0.6 is 0 Å². The summed E-state index contributed by atoms with van der Waals surface area (Å²) in [4.78, 5) is 11.3. The van der Waals surface area contributed by atoms with Crippen LogP contribution in [0.5, 0.6) is 5.75 Å². The van der Waals surface area contributed by atoms with Gasteiger partial charge in [0.1, 0.15) is 17.9 Å². The van der Waals surface area contributed by atoms with Crippen molar-refractivity contribution in [3.05, 3.63) is 29.8 Å². The Labute approximate surface area is 100 Å². The summed E-state index contributed by atoms with van der Waals surface area (Å²) in [6.07, 6.45) is -1.08. The number of aliphatic hydroxyl groups excluding tert-OH is 1. The summed E-state index contributed by atoms with van der Waals surface area (Å²) in [5, 5.41) is 9.88. The van der Waals surface area contributed by atoms with Crippen molar-refractivity contribution in [3.8, 4) is 5.75 Å². The first-order valence-electron chi connectivity index (χ1n) is 5.34. The lowest BCUT2D eigenvalue weighted by atomic mass is 10.0. The number of ether oxygens (including phenoxy) is 2. The molecular formula is C12H17NO4. The van der Waals surface area contributed by atoms with Crippen LogP contribution in [0.1, 0.15) is 18.6 Å². The second kappa shape index (κ2) is 6.22. The van der Waals surface area contributed by atoms with Gasteiger partial charge in [-0.05, 0) is 24.6 Å². The Hall–Kier alpha value is -1.59. The van der Waals surface area contributed by atoms with E-state index < -0.39 is 18.1 Å². The molecule has 1 aromatic carbocycles. The molecule has 17 heavy (non-hydrogen) atoms. The largest absolute Gasteiger partial charge is 0.497 e. The number of hydrogen-bond donors (Lipinski definition) is 2. The van der Waals surface area contributed by atoms with E-state index in [1.807, 2.05) is 0 Å². The van der Waals surface area contributed by atoms with Gasteiger partial charge in [0.2, 0.25) is 0 Å². The van der Waals surface area contributed by atoms with Gasteiger partial charge in [0.25, 0.3) is 0 Å². The summed E-state index contributed by atoms with van der Waals surface area (Å²) in [6, 6.07) is 5.61. The molecule has 94 valence electrons. The predicted molar refractivity (Wildman–Crippen MR) is 62.6 cm³/mol. The molecule has 0 radical (unpaired) electrons. The molecule has 1 aromatic rings. The Kier molecular flexibility index (Phi) is 4.93. The maximum Gasteiger partial charge on any atom is 0.325 e. The van der Waals surface area contributed by atoms with Crippen LogP contribution in [0.4, 0.5) is 0 Å². The van der Waals surface area contributed by atoms with Gasteiger partial charge in [0, 0.05) is 0 Å². The molecule has 2 unspecified atom stereocenters. The van der Waals surface area contributed by atoms with E-state index in [1.165, 1.54) is 0 Å². The highest BCUT2D eigenvalue weighted by atomic mass is 16.5. The maximum atomic E-state index is 11.3. The summed E-state index contributed by atoms with van der Waals surface area (Å²) >= 11 is 0. The van der Waals surface area contributed by atoms with Gasteiger partial charge in [-0.25, -0.2) is 0 Å². The molecule has 2 atom stereocenters. The SMILES string of the molecule is CCOC(=O)C(N)C(O)c1ccc(OC)cc1. The zero-order chi connectivity index (χ0) is 12.8. The lowest BCUT2D eigenvalue weighted by Gasteiger charge is -2.17. The molecule has 0 fully saturated rings. The molecule has 0 aliphatic rings. The molecule has 3 N–H and O–H groups in total. The average molecular weight is 239 g/mol. The molecule has 0 heterocycles. The molecule has 5 heteroatoms. The van der Waals surface area contributed by atoms with Crippen molar-refractivity contribution in [1.82, 2.24) is 0 Å². The third-order valence-corrected chi connectivity index (χ3v) is 2.36. The number of rotatable bonds is 5. The summed E-state index contributed by atoms with van der Waals surface area (Å²) in [6.45, 7) is 1.92. The fourth-order valence-electron chi connectivity index (χ4n) is 1.38. The lowest BCUT2D eigenvalue weighted by Crippen LogP contribution is -2.38. The van der Waals surface area contributed by atoms with Crippen molar-refractivity contribution in [2.45, 2.75) is 19.1 Å². The highest BCUT2D eigenvalue weighted by Crippen LogP contribution is 2.19. The van der Waals surface area contributed by atoms with Crippen LogP contribution in [-0.2, 0) is 9.53 Å². The molecule has 0 amide bonds. The maximum absolute atomic E-state index is 11.3. The number of aliphatic hydroxyl groups is 1. The van der Waals surface area contributed by atoms with Gasteiger partial charge >= 0.3 is 5.97 Å². The lowest BCUT2D eigenvalue weighted by molar-refractivity contribution is -0.147. The van der Waals surface area contributed by atoms with Crippen LogP contribution in [0.15, 0.2) is 24.3 Å². The summed E-state index contributed by atoms with van der Waals surface area (Å²) < 4.78 is 9.73. The molecule has 0 aromatic heterocycles. The zero-order valence-corrected chi connectivity index (χ0v) is 9.92. The van der Waals surface area contributed by atoms with Crippen LogP contribution in [0.3, 0.4) is 0 Å². The molecule has 0 spiro atoms. The van der Waals surface area contributed by atoms with Crippen LogP contribution < -0.4 is 10.5 Å². The van der Waals surface area contributed by atoms with Gasteiger partial charge in [-0.3, -0.25) is 4.79 Å². The molecular weight excluding hydrogens is 222 g/mol. The number of nitrogens with two attached hydrogens (primary N) is 1. The Bertz CT molecular complexity index is 363. The highest BCUT2D eigenvalue weighted by molar-refractivity contribution is 5.76. The molecule has 0 saturated carbocycles. The predicted octanol–water partition coefficient (Wildman–Crippen LogP) is 0.619. The minimum Gasteiger partial charge on any atom is -0.497 e. The normalized spacial score (nSPS) is 13.9. The van der Waals surface area contributed by atoms with Gasteiger partial charge in [-0.1, -0.05) is 12.1 Å². The van der Waals surface area contributed by atoms with Crippen molar-refractivity contribution >= 4 is 5.97 Å². The third kappa shape index (κ3) is 3.44. The van der Waals surface area contributed by atoms with E-state index in [9.17, 15) is 9.90 Å². The Morgan fingerprint density at radius 2 is 2.00 bits per heavy atom. The third-order valence-electron chi connectivity index (χ3n) is 2.36. The standard InChI is InChI=1S/C12H17NO4/c1-3-17-12(15)10(13)11(14)8-4-6-9(16-2)7-5-8/h4-7,10-11,14H,3,13H2,1-2H3. The second-order valence-corrected chi connectivity index (χ2v) is 3.50. The Morgan fingerprint density at radius 3 is 2.47 bits per heavy atom. The monoisotopic (exact) mass is 239 g/mol. The smallest absolute Gasteiger partial charge is 0.325 e.